The van der Waals surface area contributed by atoms with Crippen molar-refractivity contribution in [1.82, 2.24) is 9.62 Å². The van der Waals surface area contributed by atoms with E-state index in [1.165, 1.54) is 12.1 Å². The second kappa shape index (κ2) is 5.36. The summed E-state index contributed by atoms with van der Waals surface area (Å²) < 4.78 is 41.0. The molecule has 0 amide bonds. The summed E-state index contributed by atoms with van der Waals surface area (Å²) in [6.07, 6.45) is 2.08. The fraction of sp³-hybridized carbons (Fsp3) is 0.538. The van der Waals surface area contributed by atoms with Crippen LogP contribution in [0.25, 0.3) is 0 Å². The van der Waals surface area contributed by atoms with E-state index in [4.69, 9.17) is 0 Å². The van der Waals surface area contributed by atoms with E-state index in [1.54, 1.807) is 0 Å². The van der Waals surface area contributed by atoms with E-state index in [0.29, 0.717) is 5.92 Å². The van der Waals surface area contributed by atoms with E-state index >= 15 is 0 Å². The summed E-state index contributed by atoms with van der Waals surface area (Å²) in [6, 6.07) is 3.59. The maximum absolute atomic E-state index is 13.1. The van der Waals surface area contributed by atoms with Gasteiger partial charge in [-0.1, -0.05) is 0 Å². The molecule has 1 unspecified atom stereocenters. The SMILES string of the molecule is O=S(=O)(NC1CN2CCC1CC2)c1ccc(F)cc1Br. The molecule has 0 saturated carbocycles. The van der Waals surface area contributed by atoms with Gasteiger partial charge in [0.1, 0.15) is 5.82 Å². The first-order chi connectivity index (χ1) is 9.45. The Labute approximate surface area is 126 Å². The smallest absolute Gasteiger partial charge is 0.241 e. The lowest BCUT2D eigenvalue weighted by atomic mass is 9.85. The van der Waals surface area contributed by atoms with Crippen LogP contribution in [0.2, 0.25) is 0 Å². The molecule has 4 rings (SSSR count). The summed E-state index contributed by atoms with van der Waals surface area (Å²) in [4.78, 5) is 2.38. The van der Waals surface area contributed by atoms with Gasteiger partial charge in [0.05, 0.1) is 4.90 Å². The van der Waals surface area contributed by atoms with Crippen LogP contribution in [0.5, 0.6) is 0 Å². The Kier molecular flexibility index (Phi) is 3.87. The Bertz CT molecular complexity index is 615. The monoisotopic (exact) mass is 362 g/mol. The van der Waals surface area contributed by atoms with Crippen molar-refractivity contribution in [2.24, 2.45) is 5.92 Å². The molecular weight excluding hydrogens is 347 g/mol. The largest absolute Gasteiger partial charge is 0.302 e. The van der Waals surface area contributed by atoms with Crippen LogP contribution in [0.1, 0.15) is 12.8 Å². The van der Waals surface area contributed by atoms with Crippen LogP contribution in [0.3, 0.4) is 0 Å². The van der Waals surface area contributed by atoms with E-state index < -0.39 is 15.8 Å². The van der Waals surface area contributed by atoms with Crippen molar-refractivity contribution < 1.29 is 12.8 Å². The zero-order chi connectivity index (χ0) is 14.3. The Morgan fingerprint density at radius 2 is 2.00 bits per heavy atom. The van der Waals surface area contributed by atoms with Crippen molar-refractivity contribution in [3.8, 4) is 0 Å². The van der Waals surface area contributed by atoms with Crippen LogP contribution < -0.4 is 4.72 Å². The minimum atomic E-state index is -3.62. The molecule has 2 bridgehead atoms. The molecule has 0 aromatic heterocycles. The Morgan fingerprint density at radius 1 is 1.30 bits per heavy atom. The van der Waals surface area contributed by atoms with Crippen LogP contribution in [-0.4, -0.2) is 39.0 Å². The molecule has 7 heteroatoms. The van der Waals surface area contributed by atoms with Crippen molar-refractivity contribution in [3.05, 3.63) is 28.5 Å². The van der Waals surface area contributed by atoms with Crippen LogP contribution in [0, 0.1) is 11.7 Å². The second-order valence-electron chi connectivity index (χ2n) is 5.44. The molecule has 110 valence electrons. The molecule has 3 aliphatic heterocycles. The van der Waals surface area contributed by atoms with Gasteiger partial charge in [0.15, 0.2) is 0 Å². The van der Waals surface area contributed by atoms with Crippen LogP contribution in [0.15, 0.2) is 27.6 Å². The maximum Gasteiger partial charge on any atom is 0.241 e. The number of fused-ring (bicyclic) bond motifs is 3. The number of sulfonamides is 1. The fourth-order valence-electron chi connectivity index (χ4n) is 3.05. The molecule has 0 aliphatic carbocycles. The highest BCUT2D eigenvalue weighted by atomic mass is 79.9. The second-order valence-corrected chi connectivity index (χ2v) is 7.98. The normalized spacial score (nSPS) is 29.6. The van der Waals surface area contributed by atoms with Crippen molar-refractivity contribution in [3.63, 3.8) is 0 Å². The molecule has 3 aliphatic rings. The standard InChI is InChI=1S/C13H16BrFN2O2S/c14-11-7-10(15)1-2-13(11)20(18,19)16-12-8-17-5-3-9(12)4-6-17/h1-2,7,9,12,16H,3-6,8H2. The molecular formula is C13H16BrFN2O2S. The number of hydrogen-bond donors (Lipinski definition) is 1. The number of nitrogens with zero attached hydrogens (tertiary/aromatic N) is 1. The van der Waals surface area contributed by atoms with Crippen molar-refractivity contribution in [1.29, 1.82) is 0 Å². The predicted molar refractivity (Wildman–Crippen MR) is 77.4 cm³/mol. The maximum atomic E-state index is 13.1. The fourth-order valence-corrected chi connectivity index (χ4v) is 5.40. The topological polar surface area (TPSA) is 49.4 Å². The molecule has 1 N–H and O–H groups in total. The summed E-state index contributed by atoms with van der Waals surface area (Å²) in [5, 5.41) is 0. The summed E-state index contributed by atoms with van der Waals surface area (Å²) in [6.45, 7) is 2.88. The lowest BCUT2D eigenvalue weighted by molar-refractivity contribution is 0.0827. The third-order valence-corrected chi connectivity index (χ3v) is 6.61. The van der Waals surface area contributed by atoms with Crippen LogP contribution in [0.4, 0.5) is 4.39 Å². The highest BCUT2D eigenvalue weighted by Crippen LogP contribution is 2.29. The number of hydrogen-bond acceptors (Lipinski definition) is 3. The van der Waals surface area contributed by atoms with Crippen LogP contribution in [-0.2, 0) is 10.0 Å². The van der Waals surface area contributed by atoms with Crippen molar-refractivity contribution >= 4 is 26.0 Å². The van der Waals surface area contributed by atoms with Gasteiger partial charge in [0.25, 0.3) is 0 Å². The highest BCUT2D eigenvalue weighted by molar-refractivity contribution is 9.10. The van der Waals surface area contributed by atoms with Crippen molar-refractivity contribution in [2.45, 2.75) is 23.8 Å². The molecule has 3 heterocycles. The molecule has 4 nitrogen and oxygen atoms in total. The lowest BCUT2D eigenvalue weighted by Gasteiger charge is -2.44. The number of nitrogens with one attached hydrogen (secondary N) is 1. The summed E-state index contributed by atoms with van der Waals surface area (Å²) in [5.74, 6) is -0.0485. The quantitative estimate of drug-likeness (QED) is 0.893. The summed E-state index contributed by atoms with van der Waals surface area (Å²) in [7, 11) is -3.62. The first-order valence-corrected chi connectivity index (χ1v) is 8.93. The van der Waals surface area contributed by atoms with E-state index in [-0.39, 0.29) is 15.4 Å². The summed E-state index contributed by atoms with van der Waals surface area (Å²) >= 11 is 3.12. The molecule has 3 fully saturated rings. The average Bonchev–Trinajstić information content (AvgIpc) is 2.39. The Balaban J connectivity index is 1.82. The molecule has 1 atom stereocenters. The highest BCUT2D eigenvalue weighted by Gasteiger charge is 2.36. The third-order valence-electron chi connectivity index (χ3n) is 4.15. The van der Waals surface area contributed by atoms with Gasteiger partial charge < -0.3 is 4.90 Å². The Morgan fingerprint density at radius 3 is 2.55 bits per heavy atom. The Hall–Kier alpha value is -0.500. The average molecular weight is 363 g/mol. The molecule has 1 aromatic rings. The summed E-state index contributed by atoms with van der Waals surface area (Å²) in [5.41, 5.74) is 0. The molecule has 20 heavy (non-hydrogen) atoms. The zero-order valence-electron chi connectivity index (χ0n) is 10.9. The minimum Gasteiger partial charge on any atom is -0.302 e. The van der Waals surface area contributed by atoms with Crippen molar-refractivity contribution in [2.75, 3.05) is 19.6 Å². The van der Waals surface area contributed by atoms with Gasteiger partial charge in [-0.15, -0.1) is 0 Å². The van der Waals surface area contributed by atoms with Gasteiger partial charge in [-0.05, 0) is 66.0 Å². The molecule has 3 saturated heterocycles. The molecule has 0 spiro atoms. The van der Waals surface area contributed by atoms with Gasteiger partial charge >= 0.3 is 0 Å². The first kappa shape index (κ1) is 14.4. The van der Waals surface area contributed by atoms with Gasteiger partial charge in [0.2, 0.25) is 10.0 Å². The predicted octanol–water partition coefficient (Wildman–Crippen LogP) is 1.96. The molecule has 1 aromatic carbocycles. The third kappa shape index (κ3) is 2.77. The van der Waals surface area contributed by atoms with E-state index in [2.05, 4.69) is 25.6 Å². The van der Waals surface area contributed by atoms with Gasteiger partial charge in [0, 0.05) is 17.1 Å². The van der Waals surface area contributed by atoms with E-state index in [1.807, 2.05) is 0 Å². The minimum absolute atomic E-state index is 0.0422. The number of rotatable bonds is 3. The number of benzene rings is 1. The van der Waals surface area contributed by atoms with Crippen LogP contribution >= 0.6 is 15.9 Å². The van der Waals surface area contributed by atoms with E-state index in [9.17, 15) is 12.8 Å². The van der Waals surface area contributed by atoms with Gasteiger partial charge in [-0.2, -0.15) is 0 Å². The van der Waals surface area contributed by atoms with Gasteiger partial charge in [-0.3, -0.25) is 0 Å². The lowest BCUT2D eigenvalue weighted by Crippen LogP contribution is -2.57. The number of piperidine rings is 3. The van der Waals surface area contributed by atoms with E-state index in [0.717, 1.165) is 38.5 Å². The number of halogens is 2. The zero-order valence-corrected chi connectivity index (χ0v) is 13.3. The molecule has 0 radical (unpaired) electrons. The van der Waals surface area contributed by atoms with Gasteiger partial charge in [-0.25, -0.2) is 17.5 Å². The first-order valence-electron chi connectivity index (χ1n) is 6.65.